The molecule has 0 amide bonds. The predicted octanol–water partition coefficient (Wildman–Crippen LogP) is 3.30. The quantitative estimate of drug-likeness (QED) is 0.817. The normalized spacial score (nSPS) is 12.8. The predicted molar refractivity (Wildman–Crippen MR) is 73.6 cm³/mol. The summed E-state index contributed by atoms with van der Waals surface area (Å²) in [7, 11) is 1.76. The topological polar surface area (TPSA) is 21.3 Å². The van der Waals surface area contributed by atoms with E-state index in [9.17, 15) is 0 Å². The first-order valence-electron chi connectivity index (χ1n) is 6.40. The van der Waals surface area contributed by atoms with Gasteiger partial charge >= 0.3 is 0 Å². The molecule has 1 N–H and O–H groups in total. The van der Waals surface area contributed by atoms with Gasteiger partial charge < -0.3 is 10.1 Å². The van der Waals surface area contributed by atoms with Crippen LogP contribution in [-0.4, -0.2) is 20.3 Å². The molecule has 0 heterocycles. The molecule has 0 spiro atoms. The number of hydrogen-bond acceptors (Lipinski definition) is 2. The molecule has 1 aromatic rings. The summed E-state index contributed by atoms with van der Waals surface area (Å²) in [4.78, 5) is 0. The van der Waals surface area contributed by atoms with Gasteiger partial charge in [0.05, 0.1) is 0 Å². The minimum Gasteiger partial charge on any atom is -0.385 e. The molecule has 2 nitrogen and oxygen atoms in total. The van der Waals surface area contributed by atoms with Crippen molar-refractivity contribution in [3.05, 3.63) is 34.4 Å². The van der Waals surface area contributed by atoms with Crippen molar-refractivity contribution in [1.29, 1.82) is 0 Å². The molecule has 0 bridgehead atoms. The Bertz CT molecular complexity index is 360. The maximum atomic E-state index is 5.19. The van der Waals surface area contributed by atoms with Crippen molar-refractivity contribution in [2.45, 2.75) is 40.2 Å². The highest BCUT2D eigenvalue weighted by Crippen LogP contribution is 2.24. The van der Waals surface area contributed by atoms with E-state index in [1.54, 1.807) is 7.11 Å². The maximum Gasteiger partial charge on any atom is 0.0480 e. The standard InChI is InChI=1S/C15H25NO/c1-6-16-15(7-8-17-5)14-10-12(3)11(2)9-13(14)4/h9-10,15-16H,6-8H2,1-5H3. The molecule has 2 heteroatoms. The van der Waals surface area contributed by atoms with E-state index >= 15 is 0 Å². The Hall–Kier alpha value is -0.860. The third-order valence-corrected chi connectivity index (χ3v) is 3.32. The van der Waals surface area contributed by atoms with Gasteiger partial charge in [0.15, 0.2) is 0 Å². The maximum absolute atomic E-state index is 5.19. The number of ether oxygens (including phenoxy) is 1. The van der Waals surface area contributed by atoms with Crippen molar-refractivity contribution in [1.82, 2.24) is 5.32 Å². The second kappa shape index (κ2) is 6.77. The largest absolute Gasteiger partial charge is 0.385 e. The van der Waals surface area contributed by atoms with Crippen LogP contribution in [0, 0.1) is 20.8 Å². The third kappa shape index (κ3) is 3.83. The van der Waals surface area contributed by atoms with Gasteiger partial charge in [0.2, 0.25) is 0 Å². The summed E-state index contributed by atoms with van der Waals surface area (Å²) in [6.07, 6.45) is 1.02. The monoisotopic (exact) mass is 235 g/mol. The molecule has 0 aromatic heterocycles. The summed E-state index contributed by atoms with van der Waals surface area (Å²) in [6.45, 7) is 10.5. The highest BCUT2D eigenvalue weighted by molar-refractivity contribution is 5.38. The Labute approximate surface area is 105 Å². The number of hydrogen-bond donors (Lipinski definition) is 1. The smallest absolute Gasteiger partial charge is 0.0480 e. The molecule has 0 aliphatic heterocycles. The molecule has 1 rings (SSSR count). The summed E-state index contributed by atoms with van der Waals surface area (Å²) in [5, 5.41) is 3.54. The van der Waals surface area contributed by atoms with Crippen molar-refractivity contribution in [3.63, 3.8) is 0 Å². The van der Waals surface area contributed by atoms with E-state index in [4.69, 9.17) is 4.74 Å². The van der Waals surface area contributed by atoms with E-state index in [0.29, 0.717) is 6.04 Å². The van der Waals surface area contributed by atoms with Gasteiger partial charge in [-0.05, 0) is 56.0 Å². The van der Waals surface area contributed by atoms with Gasteiger partial charge in [0, 0.05) is 19.8 Å². The molecule has 0 fully saturated rings. The molecule has 17 heavy (non-hydrogen) atoms. The van der Waals surface area contributed by atoms with Crippen LogP contribution in [0.1, 0.15) is 41.6 Å². The lowest BCUT2D eigenvalue weighted by Gasteiger charge is -2.21. The second-order valence-electron chi connectivity index (χ2n) is 4.68. The number of benzene rings is 1. The molecule has 0 saturated heterocycles. The minimum atomic E-state index is 0.402. The average Bonchev–Trinajstić information content (AvgIpc) is 2.29. The Balaban J connectivity index is 2.96. The molecule has 0 saturated carbocycles. The second-order valence-corrected chi connectivity index (χ2v) is 4.68. The van der Waals surface area contributed by atoms with E-state index in [2.05, 4.69) is 45.1 Å². The van der Waals surface area contributed by atoms with Crippen molar-refractivity contribution < 1.29 is 4.74 Å². The highest BCUT2D eigenvalue weighted by Gasteiger charge is 2.13. The summed E-state index contributed by atoms with van der Waals surface area (Å²) in [5.41, 5.74) is 5.52. The van der Waals surface area contributed by atoms with Gasteiger partial charge in [-0.25, -0.2) is 0 Å². The zero-order chi connectivity index (χ0) is 12.8. The third-order valence-electron chi connectivity index (χ3n) is 3.32. The van der Waals surface area contributed by atoms with Gasteiger partial charge in [-0.15, -0.1) is 0 Å². The number of aryl methyl sites for hydroxylation is 3. The van der Waals surface area contributed by atoms with E-state index in [0.717, 1.165) is 19.6 Å². The van der Waals surface area contributed by atoms with Crippen LogP contribution in [0.15, 0.2) is 12.1 Å². The molecule has 0 aliphatic carbocycles. The van der Waals surface area contributed by atoms with Crippen LogP contribution in [0.5, 0.6) is 0 Å². The fraction of sp³-hybridized carbons (Fsp3) is 0.600. The molecular weight excluding hydrogens is 210 g/mol. The Morgan fingerprint density at radius 2 is 1.76 bits per heavy atom. The lowest BCUT2D eigenvalue weighted by Crippen LogP contribution is -2.23. The van der Waals surface area contributed by atoms with Crippen molar-refractivity contribution in [2.24, 2.45) is 0 Å². The van der Waals surface area contributed by atoms with Gasteiger partial charge in [-0.1, -0.05) is 19.1 Å². The Kier molecular flexibility index (Phi) is 5.66. The van der Waals surface area contributed by atoms with E-state index < -0.39 is 0 Å². The first-order chi connectivity index (χ1) is 8.10. The van der Waals surface area contributed by atoms with Crippen LogP contribution in [0.25, 0.3) is 0 Å². The molecular formula is C15H25NO. The van der Waals surface area contributed by atoms with Crippen molar-refractivity contribution in [2.75, 3.05) is 20.3 Å². The zero-order valence-corrected chi connectivity index (χ0v) is 11.8. The molecule has 1 atom stereocenters. The molecule has 0 radical (unpaired) electrons. The molecule has 1 aromatic carbocycles. The first kappa shape index (κ1) is 14.2. The average molecular weight is 235 g/mol. The van der Waals surface area contributed by atoms with Crippen LogP contribution < -0.4 is 5.32 Å². The summed E-state index contributed by atoms with van der Waals surface area (Å²) in [5.74, 6) is 0. The zero-order valence-electron chi connectivity index (χ0n) is 11.8. The van der Waals surface area contributed by atoms with Crippen LogP contribution >= 0.6 is 0 Å². The van der Waals surface area contributed by atoms with Crippen molar-refractivity contribution >= 4 is 0 Å². The van der Waals surface area contributed by atoms with Gasteiger partial charge in [-0.2, -0.15) is 0 Å². The van der Waals surface area contributed by atoms with Crippen LogP contribution in [0.2, 0.25) is 0 Å². The SMILES string of the molecule is CCNC(CCOC)c1cc(C)c(C)cc1C. The van der Waals surface area contributed by atoms with E-state index in [-0.39, 0.29) is 0 Å². The number of rotatable bonds is 6. The molecule has 1 unspecified atom stereocenters. The summed E-state index contributed by atoms with van der Waals surface area (Å²) in [6, 6.07) is 4.99. The number of nitrogens with one attached hydrogen (secondary N) is 1. The molecule has 0 aliphatic rings. The minimum absolute atomic E-state index is 0.402. The summed E-state index contributed by atoms with van der Waals surface area (Å²) >= 11 is 0. The van der Waals surface area contributed by atoms with Gasteiger partial charge in [0.1, 0.15) is 0 Å². The lowest BCUT2D eigenvalue weighted by molar-refractivity contribution is 0.183. The molecule has 96 valence electrons. The number of methoxy groups -OCH3 is 1. The highest BCUT2D eigenvalue weighted by atomic mass is 16.5. The van der Waals surface area contributed by atoms with Crippen molar-refractivity contribution in [3.8, 4) is 0 Å². The van der Waals surface area contributed by atoms with E-state index in [1.165, 1.54) is 22.3 Å². The fourth-order valence-corrected chi connectivity index (χ4v) is 2.21. The fourth-order valence-electron chi connectivity index (χ4n) is 2.21. The van der Waals surface area contributed by atoms with Crippen LogP contribution in [0.4, 0.5) is 0 Å². The van der Waals surface area contributed by atoms with Crippen LogP contribution in [0.3, 0.4) is 0 Å². The summed E-state index contributed by atoms with van der Waals surface area (Å²) < 4.78 is 5.19. The van der Waals surface area contributed by atoms with Gasteiger partial charge in [-0.3, -0.25) is 0 Å². The Morgan fingerprint density at radius 3 is 2.35 bits per heavy atom. The van der Waals surface area contributed by atoms with E-state index in [1.807, 2.05) is 0 Å². The Morgan fingerprint density at radius 1 is 1.12 bits per heavy atom. The van der Waals surface area contributed by atoms with Crippen LogP contribution in [-0.2, 0) is 4.74 Å². The van der Waals surface area contributed by atoms with Gasteiger partial charge in [0.25, 0.3) is 0 Å². The lowest BCUT2D eigenvalue weighted by atomic mass is 9.94. The first-order valence-corrected chi connectivity index (χ1v) is 6.40.